The predicted molar refractivity (Wildman–Crippen MR) is 133 cm³/mol. The molecule has 2 bridgehead atoms. The summed E-state index contributed by atoms with van der Waals surface area (Å²) in [6.45, 7) is 0.575. The van der Waals surface area contributed by atoms with Gasteiger partial charge in [-0.1, -0.05) is 12.8 Å². The zero-order valence-corrected chi connectivity index (χ0v) is 21.5. The maximum absolute atomic E-state index is 15.1. The molecule has 6 rings (SSSR count). The fourth-order valence-electron chi connectivity index (χ4n) is 6.36. The molecule has 206 valence electrons. The van der Waals surface area contributed by atoms with E-state index in [1.807, 2.05) is 6.07 Å². The van der Waals surface area contributed by atoms with Crippen LogP contribution in [0.15, 0.2) is 12.4 Å². The van der Waals surface area contributed by atoms with Crippen molar-refractivity contribution in [3.8, 4) is 6.07 Å². The average molecular weight is 532 g/mol. The highest BCUT2D eigenvalue weighted by molar-refractivity contribution is 5.92. The van der Waals surface area contributed by atoms with Crippen LogP contribution in [0.3, 0.4) is 0 Å². The van der Waals surface area contributed by atoms with Gasteiger partial charge in [-0.25, -0.2) is 8.78 Å². The molecular formula is C26H35F2N7O3. The number of fused-ring (bicyclic) bond motifs is 3. The Hall–Kier alpha value is -3.23. The third-order valence-electron chi connectivity index (χ3n) is 8.46. The summed E-state index contributed by atoms with van der Waals surface area (Å²) in [7, 11) is 1.76. The Kier molecular flexibility index (Phi) is 7.29. The molecule has 2 aliphatic carbocycles. The third-order valence-corrected chi connectivity index (χ3v) is 8.46. The Labute approximate surface area is 220 Å². The Bertz CT molecular complexity index is 1110. The lowest BCUT2D eigenvalue weighted by Gasteiger charge is -2.54. The SMILES string of the molecule is Cn1cc(N[C@@H](CC2CC2)C(=O)N2[C@@H]3CC[C@H]([C@@H]2C(=O)N[C@H](C#N)C[C@H]2CCCNC2=O)C(F)(F)C3)cn1. The van der Waals surface area contributed by atoms with Gasteiger partial charge in [-0.3, -0.25) is 19.1 Å². The van der Waals surface area contributed by atoms with Crippen LogP contribution in [0.5, 0.6) is 0 Å². The van der Waals surface area contributed by atoms with E-state index >= 15 is 8.78 Å². The van der Waals surface area contributed by atoms with E-state index in [9.17, 15) is 19.6 Å². The molecule has 38 heavy (non-hydrogen) atoms. The van der Waals surface area contributed by atoms with E-state index in [1.165, 1.54) is 4.90 Å². The van der Waals surface area contributed by atoms with Crippen molar-refractivity contribution in [1.29, 1.82) is 5.26 Å². The Balaban J connectivity index is 1.37. The van der Waals surface area contributed by atoms with Crippen LogP contribution >= 0.6 is 0 Å². The van der Waals surface area contributed by atoms with Gasteiger partial charge in [0, 0.05) is 38.2 Å². The predicted octanol–water partition coefficient (Wildman–Crippen LogP) is 1.94. The van der Waals surface area contributed by atoms with Crippen LogP contribution in [0.1, 0.15) is 57.8 Å². The van der Waals surface area contributed by atoms with Gasteiger partial charge in [-0.2, -0.15) is 10.4 Å². The molecule has 6 atom stereocenters. The number of nitrogens with zero attached hydrogens (tertiary/aromatic N) is 4. The first-order chi connectivity index (χ1) is 18.2. The molecule has 0 unspecified atom stereocenters. The van der Waals surface area contributed by atoms with Crippen molar-refractivity contribution in [1.82, 2.24) is 25.3 Å². The van der Waals surface area contributed by atoms with Crippen molar-refractivity contribution in [3.05, 3.63) is 12.4 Å². The Morgan fingerprint density at radius 2 is 2.05 bits per heavy atom. The normalized spacial score (nSPS) is 29.6. The highest BCUT2D eigenvalue weighted by Gasteiger charge is 2.61. The summed E-state index contributed by atoms with van der Waals surface area (Å²) in [6, 6.07) is -1.81. The summed E-state index contributed by atoms with van der Waals surface area (Å²) in [4.78, 5) is 41.1. The summed E-state index contributed by atoms with van der Waals surface area (Å²) in [6.07, 6.45) is 7.44. The molecule has 3 aliphatic heterocycles. The lowest BCUT2D eigenvalue weighted by atomic mass is 9.71. The number of hydrogen-bond acceptors (Lipinski definition) is 6. The molecule has 12 heteroatoms. The minimum atomic E-state index is -3.09. The van der Waals surface area contributed by atoms with Gasteiger partial charge in [0.2, 0.25) is 17.7 Å². The van der Waals surface area contributed by atoms with Crippen molar-refractivity contribution >= 4 is 23.4 Å². The van der Waals surface area contributed by atoms with E-state index in [0.717, 1.165) is 19.3 Å². The molecule has 0 radical (unpaired) electrons. The molecule has 0 spiro atoms. The van der Waals surface area contributed by atoms with Gasteiger partial charge in [0.1, 0.15) is 18.1 Å². The number of rotatable bonds is 9. The van der Waals surface area contributed by atoms with E-state index < -0.39 is 54.3 Å². The summed E-state index contributed by atoms with van der Waals surface area (Å²) in [5.41, 5.74) is 0.648. The van der Waals surface area contributed by atoms with Crippen molar-refractivity contribution < 1.29 is 23.2 Å². The van der Waals surface area contributed by atoms with Crippen LogP contribution in [-0.4, -0.2) is 69.0 Å². The maximum atomic E-state index is 15.1. The average Bonchev–Trinajstić information content (AvgIpc) is 3.61. The number of nitriles is 1. The number of halogens is 2. The first-order valence-corrected chi connectivity index (χ1v) is 13.6. The standard InChI is InChI=1S/C26H35F2N7O3/c1-34-14-18(13-31-34)32-21(9-15-4-5-15)25(38)35-19-6-7-20(26(27,28)11-19)22(35)24(37)33-17(12-29)10-16-3-2-8-30-23(16)36/h13-17,19-22,32H,2-11H2,1H3,(H,30,36)(H,33,37)/t16-,17+,19-,20-,21+,22-/m1/s1. The minimum Gasteiger partial charge on any atom is -0.371 e. The zero-order chi connectivity index (χ0) is 27.0. The number of carbonyl (C=O) groups is 3. The molecule has 3 N–H and O–H groups in total. The molecule has 0 aromatic carbocycles. The first-order valence-electron chi connectivity index (χ1n) is 13.6. The molecular weight excluding hydrogens is 496 g/mol. The van der Waals surface area contributed by atoms with Crippen molar-refractivity contribution in [3.63, 3.8) is 0 Å². The highest BCUT2D eigenvalue weighted by atomic mass is 19.3. The second kappa shape index (κ2) is 10.5. The fraction of sp³-hybridized carbons (Fsp3) is 0.731. The van der Waals surface area contributed by atoms with E-state index in [0.29, 0.717) is 37.4 Å². The van der Waals surface area contributed by atoms with Crippen LogP contribution < -0.4 is 16.0 Å². The number of hydrogen-bond donors (Lipinski definition) is 3. The second-order valence-electron chi connectivity index (χ2n) is 11.3. The van der Waals surface area contributed by atoms with Gasteiger partial charge < -0.3 is 20.9 Å². The fourth-order valence-corrected chi connectivity index (χ4v) is 6.36. The molecule has 5 fully saturated rings. The minimum absolute atomic E-state index is 0.103. The first kappa shape index (κ1) is 26.4. The molecule has 5 aliphatic rings. The topological polar surface area (TPSA) is 132 Å². The Morgan fingerprint density at radius 3 is 2.68 bits per heavy atom. The number of anilines is 1. The lowest BCUT2D eigenvalue weighted by Crippen LogP contribution is -2.70. The maximum Gasteiger partial charge on any atom is 0.255 e. The molecule has 3 saturated heterocycles. The molecule has 1 aromatic heterocycles. The van der Waals surface area contributed by atoms with Crippen LogP contribution in [-0.2, 0) is 21.4 Å². The smallest absolute Gasteiger partial charge is 0.255 e. The lowest BCUT2D eigenvalue weighted by molar-refractivity contribution is -0.194. The largest absolute Gasteiger partial charge is 0.371 e. The monoisotopic (exact) mass is 531 g/mol. The van der Waals surface area contributed by atoms with E-state index in [-0.39, 0.29) is 24.7 Å². The van der Waals surface area contributed by atoms with E-state index in [1.54, 1.807) is 24.1 Å². The van der Waals surface area contributed by atoms with Gasteiger partial charge in [0.25, 0.3) is 5.92 Å². The molecule has 3 amide bonds. The highest BCUT2D eigenvalue weighted by Crippen LogP contribution is 2.49. The Morgan fingerprint density at radius 1 is 1.26 bits per heavy atom. The summed E-state index contributed by atoms with van der Waals surface area (Å²) >= 11 is 0. The number of aryl methyl sites for hydroxylation is 1. The summed E-state index contributed by atoms with van der Waals surface area (Å²) in [5, 5.41) is 22.5. The van der Waals surface area contributed by atoms with E-state index in [4.69, 9.17) is 0 Å². The zero-order valence-electron chi connectivity index (χ0n) is 21.5. The molecule has 10 nitrogen and oxygen atoms in total. The van der Waals surface area contributed by atoms with Crippen LogP contribution in [0.4, 0.5) is 14.5 Å². The van der Waals surface area contributed by atoms with Gasteiger partial charge in [0.05, 0.1) is 23.9 Å². The molecule has 2 saturated carbocycles. The number of aromatic nitrogens is 2. The van der Waals surface area contributed by atoms with Crippen molar-refractivity contribution in [2.75, 3.05) is 11.9 Å². The summed E-state index contributed by atoms with van der Waals surface area (Å²) in [5.74, 6) is -5.76. The number of carbonyl (C=O) groups excluding carboxylic acids is 3. The molecule has 4 heterocycles. The van der Waals surface area contributed by atoms with Gasteiger partial charge in [-0.05, 0) is 44.4 Å². The summed E-state index contributed by atoms with van der Waals surface area (Å²) < 4.78 is 31.8. The van der Waals surface area contributed by atoms with Crippen molar-refractivity contribution in [2.45, 2.75) is 87.9 Å². The number of amides is 3. The van der Waals surface area contributed by atoms with Crippen molar-refractivity contribution in [2.24, 2.45) is 24.8 Å². The van der Waals surface area contributed by atoms with Gasteiger partial charge >= 0.3 is 0 Å². The van der Waals surface area contributed by atoms with E-state index in [2.05, 4.69) is 21.0 Å². The van der Waals surface area contributed by atoms with Crippen LogP contribution in [0.2, 0.25) is 0 Å². The molecule has 1 aromatic rings. The number of alkyl halides is 2. The quantitative estimate of drug-likeness (QED) is 0.446. The van der Waals surface area contributed by atoms with Gasteiger partial charge in [-0.15, -0.1) is 0 Å². The van der Waals surface area contributed by atoms with Gasteiger partial charge in [0.15, 0.2) is 0 Å². The van der Waals surface area contributed by atoms with Crippen LogP contribution in [0, 0.1) is 29.1 Å². The second-order valence-corrected chi connectivity index (χ2v) is 11.3. The van der Waals surface area contributed by atoms with Crippen LogP contribution in [0.25, 0.3) is 0 Å². The third kappa shape index (κ3) is 5.47. The number of piperidine rings is 3. The number of nitrogens with one attached hydrogen (secondary N) is 3.